The number of carbonyl (C=O) groups excluding carboxylic acids is 1. The molecule has 0 aliphatic heterocycles. The van der Waals surface area contributed by atoms with Crippen LogP contribution in [-0.4, -0.2) is 32.8 Å². The van der Waals surface area contributed by atoms with Crippen LogP contribution in [0.15, 0.2) is 41.0 Å². The lowest BCUT2D eigenvalue weighted by atomic mass is 10.2. The molecule has 0 bridgehead atoms. The number of amides is 1. The molecule has 7 heteroatoms. The van der Waals surface area contributed by atoms with Gasteiger partial charge in [-0.1, -0.05) is 22.0 Å². The lowest BCUT2D eigenvalue weighted by molar-refractivity contribution is -0.139. The third-order valence-electron chi connectivity index (χ3n) is 3.54. The van der Waals surface area contributed by atoms with Crippen LogP contribution in [0.25, 0.3) is 5.69 Å². The molecule has 1 aliphatic carbocycles. The summed E-state index contributed by atoms with van der Waals surface area (Å²) < 4.78 is 2.48. The zero-order valence-corrected chi connectivity index (χ0v) is 13.2. The number of nitrogens with zero attached hydrogens (tertiary/aromatic N) is 2. The number of halogens is 1. The van der Waals surface area contributed by atoms with Crippen molar-refractivity contribution in [2.24, 2.45) is 5.92 Å². The van der Waals surface area contributed by atoms with Gasteiger partial charge in [-0.25, -0.2) is 9.48 Å². The minimum Gasteiger partial charge on any atom is -0.480 e. The maximum atomic E-state index is 12.1. The van der Waals surface area contributed by atoms with Crippen molar-refractivity contribution in [3.05, 3.63) is 46.7 Å². The average molecular weight is 364 g/mol. The van der Waals surface area contributed by atoms with Gasteiger partial charge in [0.1, 0.15) is 6.04 Å². The van der Waals surface area contributed by atoms with E-state index >= 15 is 0 Å². The Bertz CT molecular complexity index is 724. The number of hydrogen-bond donors (Lipinski definition) is 2. The van der Waals surface area contributed by atoms with Gasteiger partial charge in [0.25, 0.3) is 5.91 Å². The topological polar surface area (TPSA) is 84.2 Å². The summed E-state index contributed by atoms with van der Waals surface area (Å²) in [5.41, 5.74) is 1.01. The first-order valence-corrected chi connectivity index (χ1v) is 7.69. The van der Waals surface area contributed by atoms with E-state index in [0.29, 0.717) is 0 Å². The summed E-state index contributed by atoms with van der Waals surface area (Å²) in [4.78, 5) is 23.3. The highest BCUT2D eigenvalue weighted by molar-refractivity contribution is 9.10. The van der Waals surface area contributed by atoms with Gasteiger partial charge in [0.15, 0.2) is 5.69 Å². The first-order chi connectivity index (χ1) is 10.5. The van der Waals surface area contributed by atoms with E-state index in [1.165, 1.54) is 0 Å². The number of benzene rings is 1. The third kappa shape index (κ3) is 3.19. The van der Waals surface area contributed by atoms with Crippen LogP contribution in [0.4, 0.5) is 0 Å². The van der Waals surface area contributed by atoms with Gasteiger partial charge in [0, 0.05) is 10.7 Å². The molecular weight excluding hydrogens is 350 g/mol. The van der Waals surface area contributed by atoms with Crippen molar-refractivity contribution in [1.29, 1.82) is 0 Å². The third-order valence-corrected chi connectivity index (χ3v) is 4.03. The molecule has 1 fully saturated rings. The number of carboxylic acids is 1. The van der Waals surface area contributed by atoms with Gasteiger partial charge in [0.2, 0.25) is 0 Å². The second-order valence-electron chi connectivity index (χ2n) is 5.25. The van der Waals surface area contributed by atoms with Crippen LogP contribution < -0.4 is 5.32 Å². The zero-order chi connectivity index (χ0) is 15.7. The highest BCUT2D eigenvalue weighted by Crippen LogP contribution is 2.32. The minimum absolute atomic E-state index is 0.0358. The standard InChI is InChI=1S/C15H14BrN3O3/c16-10-2-1-3-11(8-10)19-7-6-12(18-19)14(20)17-13(15(21)22)9-4-5-9/h1-3,6-9,13H,4-5H2,(H,17,20)(H,21,22). The van der Waals surface area contributed by atoms with Gasteiger partial charge >= 0.3 is 5.97 Å². The van der Waals surface area contributed by atoms with Gasteiger partial charge in [0.05, 0.1) is 5.69 Å². The summed E-state index contributed by atoms with van der Waals surface area (Å²) >= 11 is 3.38. The zero-order valence-electron chi connectivity index (χ0n) is 11.6. The van der Waals surface area contributed by atoms with Crippen molar-refractivity contribution in [2.75, 3.05) is 0 Å². The van der Waals surface area contributed by atoms with E-state index in [4.69, 9.17) is 5.11 Å². The maximum Gasteiger partial charge on any atom is 0.326 e. The average Bonchev–Trinajstić information content (AvgIpc) is 3.19. The van der Waals surface area contributed by atoms with E-state index in [1.54, 1.807) is 16.9 Å². The fourth-order valence-corrected chi connectivity index (χ4v) is 2.62. The van der Waals surface area contributed by atoms with Crippen molar-refractivity contribution >= 4 is 27.8 Å². The Labute approximate surface area is 135 Å². The Morgan fingerprint density at radius 2 is 2.14 bits per heavy atom. The fourth-order valence-electron chi connectivity index (χ4n) is 2.23. The smallest absolute Gasteiger partial charge is 0.326 e. The molecule has 114 valence electrons. The summed E-state index contributed by atoms with van der Waals surface area (Å²) in [6.07, 6.45) is 3.34. The second kappa shape index (κ2) is 5.92. The van der Waals surface area contributed by atoms with Crippen LogP contribution in [0.5, 0.6) is 0 Å². The van der Waals surface area contributed by atoms with Crippen molar-refractivity contribution in [2.45, 2.75) is 18.9 Å². The number of carboxylic acid groups (broad SMARTS) is 1. The van der Waals surface area contributed by atoms with Gasteiger partial charge in [-0.15, -0.1) is 0 Å². The molecule has 2 N–H and O–H groups in total. The van der Waals surface area contributed by atoms with E-state index in [1.807, 2.05) is 24.3 Å². The van der Waals surface area contributed by atoms with Gasteiger partial charge in [-0.2, -0.15) is 5.10 Å². The van der Waals surface area contributed by atoms with E-state index in [9.17, 15) is 9.59 Å². The summed E-state index contributed by atoms with van der Waals surface area (Å²) in [7, 11) is 0. The molecule has 1 unspecified atom stereocenters. The molecule has 6 nitrogen and oxygen atoms in total. The van der Waals surface area contributed by atoms with Crippen molar-refractivity contribution < 1.29 is 14.7 Å². The number of rotatable bonds is 5. The summed E-state index contributed by atoms with van der Waals surface area (Å²) in [6.45, 7) is 0. The monoisotopic (exact) mass is 363 g/mol. The highest BCUT2D eigenvalue weighted by atomic mass is 79.9. The molecule has 1 atom stereocenters. The van der Waals surface area contributed by atoms with Crippen LogP contribution in [0.1, 0.15) is 23.3 Å². The Morgan fingerprint density at radius 1 is 1.36 bits per heavy atom. The molecule has 0 saturated heterocycles. The first-order valence-electron chi connectivity index (χ1n) is 6.90. The van der Waals surface area contributed by atoms with E-state index < -0.39 is 17.9 Å². The summed E-state index contributed by atoms with van der Waals surface area (Å²) in [5.74, 6) is -1.43. The van der Waals surface area contributed by atoms with Crippen molar-refractivity contribution in [1.82, 2.24) is 15.1 Å². The van der Waals surface area contributed by atoms with Crippen molar-refractivity contribution in [3.63, 3.8) is 0 Å². The Morgan fingerprint density at radius 3 is 2.77 bits per heavy atom. The van der Waals surface area contributed by atoms with Crippen LogP contribution >= 0.6 is 15.9 Å². The predicted octanol–water partition coefficient (Wildman–Crippen LogP) is 2.23. The lowest BCUT2D eigenvalue weighted by Crippen LogP contribution is -2.42. The van der Waals surface area contributed by atoms with Gasteiger partial charge in [-0.05, 0) is 43.0 Å². The predicted molar refractivity (Wildman–Crippen MR) is 82.9 cm³/mol. The Kier molecular flexibility index (Phi) is 3.98. The molecule has 1 aromatic heterocycles. The SMILES string of the molecule is O=C(NC(C(=O)O)C1CC1)c1ccn(-c2cccc(Br)c2)n1. The molecule has 0 radical (unpaired) electrons. The number of aliphatic carboxylic acids is 1. The van der Waals surface area contributed by atoms with Crippen LogP contribution in [0.3, 0.4) is 0 Å². The molecule has 1 amide bonds. The molecule has 0 spiro atoms. The second-order valence-corrected chi connectivity index (χ2v) is 6.17. The number of hydrogen-bond acceptors (Lipinski definition) is 3. The number of carbonyl (C=O) groups is 2. The molecule has 22 heavy (non-hydrogen) atoms. The Balaban J connectivity index is 1.75. The van der Waals surface area contributed by atoms with Crippen LogP contribution in [0, 0.1) is 5.92 Å². The normalized spacial score (nSPS) is 15.3. The van der Waals surface area contributed by atoms with E-state index in [2.05, 4.69) is 26.3 Å². The largest absolute Gasteiger partial charge is 0.480 e. The lowest BCUT2D eigenvalue weighted by Gasteiger charge is -2.12. The molecule has 1 saturated carbocycles. The summed E-state index contributed by atoms with van der Waals surface area (Å²) in [6, 6.07) is 8.25. The molecule has 3 rings (SSSR count). The molecule has 1 aromatic carbocycles. The van der Waals surface area contributed by atoms with Gasteiger partial charge < -0.3 is 10.4 Å². The molecule has 2 aromatic rings. The van der Waals surface area contributed by atoms with Crippen LogP contribution in [-0.2, 0) is 4.79 Å². The quantitative estimate of drug-likeness (QED) is 0.852. The van der Waals surface area contributed by atoms with E-state index in [-0.39, 0.29) is 11.6 Å². The summed E-state index contributed by atoms with van der Waals surface area (Å²) in [5, 5.41) is 15.9. The van der Waals surface area contributed by atoms with Crippen molar-refractivity contribution in [3.8, 4) is 5.69 Å². The molecule has 1 aliphatic rings. The number of aromatic nitrogens is 2. The number of nitrogens with one attached hydrogen (secondary N) is 1. The van der Waals surface area contributed by atoms with E-state index in [0.717, 1.165) is 23.0 Å². The maximum absolute atomic E-state index is 12.1. The Hall–Kier alpha value is -2.15. The van der Waals surface area contributed by atoms with Gasteiger partial charge in [-0.3, -0.25) is 4.79 Å². The first kappa shape index (κ1) is 14.8. The molecule has 1 heterocycles. The minimum atomic E-state index is -0.998. The van der Waals surface area contributed by atoms with Crippen LogP contribution in [0.2, 0.25) is 0 Å². The highest BCUT2D eigenvalue weighted by Gasteiger charge is 2.37. The molecular formula is C15H14BrN3O3. The fraction of sp³-hybridized carbons (Fsp3) is 0.267.